The van der Waals surface area contributed by atoms with Gasteiger partial charge in [0.2, 0.25) is 0 Å². The number of aliphatic imine (C=N–C) groups is 2. The van der Waals surface area contributed by atoms with Gasteiger partial charge in [-0.3, -0.25) is 0 Å². The number of rotatable bonds is 4. The Morgan fingerprint density at radius 1 is 0.511 bits per heavy atom. The molecule has 4 heteroatoms. The zero-order chi connectivity index (χ0) is 29.7. The summed E-state index contributed by atoms with van der Waals surface area (Å²) in [5, 5.41) is 10.5. The third-order valence-electron chi connectivity index (χ3n) is 8.69. The number of amidine groups is 2. The van der Waals surface area contributed by atoms with Crippen LogP contribution in [0.2, 0.25) is 0 Å². The van der Waals surface area contributed by atoms with Crippen molar-refractivity contribution in [3.05, 3.63) is 168 Å². The number of para-hydroxylation sites is 1. The third kappa shape index (κ3) is 4.38. The van der Waals surface area contributed by atoms with Crippen molar-refractivity contribution in [2.24, 2.45) is 9.98 Å². The summed E-state index contributed by atoms with van der Waals surface area (Å²) in [6.07, 6.45) is -0.281. The van der Waals surface area contributed by atoms with E-state index in [1.807, 2.05) is 24.3 Å². The lowest BCUT2D eigenvalue weighted by molar-refractivity contribution is 0.669. The smallest absolute Gasteiger partial charge is 0.159 e. The minimum Gasteiger partial charge on any atom is -0.456 e. The zero-order valence-corrected chi connectivity index (χ0v) is 24.3. The molecule has 1 aliphatic heterocycles. The second-order valence-corrected chi connectivity index (χ2v) is 11.5. The van der Waals surface area contributed by atoms with Crippen molar-refractivity contribution in [2.75, 3.05) is 0 Å². The number of nitrogens with zero attached hydrogens (tertiary/aromatic N) is 2. The molecule has 212 valence electrons. The molecule has 0 bridgehead atoms. The van der Waals surface area contributed by atoms with Crippen LogP contribution in [0.25, 0.3) is 54.6 Å². The molecule has 1 aromatic heterocycles. The molecule has 0 radical (unpaired) electrons. The highest BCUT2D eigenvalue weighted by molar-refractivity contribution is 6.18. The molecule has 0 spiro atoms. The van der Waals surface area contributed by atoms with E-state index >= 15 is 0 Å². The summed E-state index contributed by atoms with van der Waals surface area (Å²) in [5.74, 6) is 1.50. The fourth-order valence-corrected chi connectivity index (χ4v) is 6.53. The largest absolute Gasteiger partial charge is 0.456 e. The topological polar surface area (TPSA) is 49.9 Å². The minimum absolute atomic E-state index is 0.281. The van der Waals surface area contributed by atoms with Gasteiger partial charge >= 0.3 is 0 Å². The van der Waals surface area contributed by atoms with Gasteiger partial charge in [-0.2, -0.15) is 0 Å². The van der Waals surface area contributed by atoms with Crippen LogP contribution in [-0.4, -0.2) is 11.7 Å². The molecule has 7 aromatic carbocycles. The molecule has 1 atom stereocenters. The molecule has 45 heavy (non-hydrogen) atoms. The second-order valence-electron chi connectivity index (χ2n) is 11.5. The Bertz CT molecular complexity index is 2470. The van der Waals surface area contributed by atoms with Gasteiger partial charge in [0.25, 0.3) is 0 Å². The number of fused-ring (bicyclic) bond motifs is 5. The summed E-state index contributed by atoms with van der Waals surface area (Å²) in [5.41, 5.74) is 7.09. The predicted molar refractivity (Wildman–Crippen MR) is 186 cm³/mol. The maximum Gasteiger partial charge on any atom is 0.159 e. The molecular weight excluding hydrogens is 550 g/mol. The van der Waals surface area contributed by atoms with Gasteiger partial charge in [-0.25, -0.2) is 9.98 Å². The first-order valence-electron chi connectivity index (χ1n) is 15.2. The van der Waals surface area contributed by atoms with Crippen LogP contribution in [0, 0.1) is 0 Å². The van der Waals surface area contributed by atoms with Crippen molar-refractivity contribution in [2.45, 2.75) is 6.17 Å². The number of hydrogen-bond acceptors (Lipinski definition) is 4. The number of hydrogen-bond donors (Lipinski definition) is 1. The second kappa shape index (κ2) is 10.3. The highest BCUT2D eigenvalue weighted by atomic mass is 16.3. The highest BCUT2D eigenvalue weighted by Crippen LogP contribution is 2.40. The number of furan rings is 1. The Kier molecular flexibility index (Phi) is 5.85. The van der Waals surface area contributed by atoms with E-state index in [1.54, 1.807) is 0 Å². The molecule has 2 heterocycles. The predicted octanol–water partition coefficient (Wildman–Crippen LogP) is 10.1. The maximum absolute atomic E-state index is 6.28. The van der Waals surface area contributed by atoms with Gasteiger partial charge < -0.3 is 9.73 Å². The zero-order valence-electron chi connectivity index (χ0n) is 24.3. The van der Waals surface area contributed by atoms with E-state index in [4.69, 9.17) is 14.4 Å². The van der Waals surface area contributed by atoms with E-state index < -0.39 is 0 Å². The van der Waals surface area contributed by atoms with Crippen LogP contribution < -0.4 is 5.32 Å². The first kappa shape index (κ1) is 25.5. The Morgan fingerprint density at radius 3 is 2.11 bits per heavy atom. The summed E-state index contributed by atoms with van der Waals surface area (Å²) >= 11 is 0. The molecule has 0 saturated carbocycles. The van der Waals surface area contributed by atoms with Crippen LogP contribution in [0.5, 0.6) is 0 Å². The molecule has 1 N–H and O–H groups in total. The van der Waals surface area contributed by atoms with Crippen LogP contribution in [0.4, 0.5) is 0 Å². The van der Waals surface area contributed by atoms with Gasteiger partial charge in [0.15, 0.2) is 5.84 Å². The molecule has 1 unspecified atom stereocenters. The Morgan fingerprint density at radius 2 is 1.22 bits per heavy atom. The molecule has 8 aromatic rings. The molecule has 9 rings (SSSR count). The Balaban J connectivity index is 1.27. The lowest BCUT2D eigenvalue weighted by Crippen LogP contribution is -2.33. The number of benzene rings is 7. The minimum atomic E-state index is -0.281. The fourth-order valence-electron chi connectivity index (χ4n) is 6.53. The van der Waals surface area contributed by atoms with Crippen molar-refractivity contribution < 1.29 is 4.42 Å². The van der Waals surface area contributed by atoms with Gasteiger partial charge in [0.05, 0.1) is 0 Å². The molecule has 0 amide bonds. The van der Waals surface area contributed by atoms with Crippen LogP contribution in [0.3, 0.4) is 0 Å². The fraction of sp³-hybridized carbons (Fsp3) is 0.0244. The Labute approximate surface area is 260 Å². The van der Waals surface area contributed by atoms with Gasteiger partial charge in [-0.15, -0.1) is 0 Å². The number of nitrogens with one attached hydrogen (secondary N) is 1. The SMILES string of the molecule is c1ccc(C2N=C(c3cc(-c4cccc5oc6ccccc6c45)c4ccccc4c3)N=C(c3ccc4ccccc4c3)N2)cc1. The molecule has 0 fully saturated rings. The van der Waals surface area contributed by atoms with E-state index in [0.29, 0.717) is 5.84 Å². The van der Waals surface area contributed by atoms with E-state index in [2.05, 4.69) is 133 Å². The van der Waals surface area contributed by atoms with Crippen molar-refractivity contribution >= 4 is 55.2 Å². The lowest BCUT2D eigenvalue weighted by Gasteiger charge is -2.24. The molecule has 4 nitrogen and oxygen atoms in total. The first-order valence-corrected chi connectivity index (χ1v) is 15.2. The summed E-state index contributed by atoms with van der Waals surface area (Å²) in [6, 6.07) is 52.8. The van der Waals surface area contributed by atoms with Gasteiger partial charge in [0.1, 0.15) is 23.2 Å². The summed E-state index contributed by atoms with van der Waals surface area (Å²) < 4.78 is 6.28. The normalized spacial score (nSPS) is 14.9. The average Bonchev–Trinajstić information content (AvgIpc) is 3.50. The van der Waals surface area contributed by atoms with E-state index in [1.165, 1.54) is 16.2 Å². The highest BCUT2D eigenvalue weighted by Gasteiger charge is 2.23. The monoisotopic (exact) mass is 577 g/mol. The molecule has 1 aliphatic rings. The van der Waals surface area contributed by atoms with Crippen LogP contribution in [0.1, 0.15) is 22.9 Å². The average molecular weight is 578 g/mol. The third-order valence-corrected chi connectivity index (χ3v) is 8.69. The van der Waals surface area contributed by atoms with Gasteiger partial charge in [-0.05, 0) is 68.6 Å². The van der Waals surface area contributed by atoms with E-state index in [9.17, 15) is 0 Å². The van der Waals surface area contributed by atoms with E-state index in [0.717, 1.165) is 61.0 Å². The quantitative estimate of drug-likeness (QED) is 0.226. The molecule has 0 saturated heterocycles. The van der Waals surface area contributed by atoms with Crippen molar-refractivity contribution in [3.8, 4) is 11.1 Å². The van der Waals surface area contributed by atoms with Crippen LogP contribution in [-0.2, 0) is 0 Å². The Hall–Kier alpha value is -6.00. The van der Waals surface area contributed by atoms with E-state index in [-0.39, 0.29) is 6.17 Å². The summed E-state index contributed by atoms with van der Waals surface area (Å²) in [6.45, 7) is 0. The molecular formula is C41H27N3O. The van der Waals surface area contributed by atoms with Crippen LogP contribution in [0.15, 0.2) is 166 Å². The van der Waals surface area contributed by atoms with Crippen molar-refractivity contribution in [1.82, 2.24) is 5.32 Å². The standard InChI is InChI=1S/C41H27N3O/c1-2-12-27(13-3-1)39-42-40(30-22-21-26-11-4-5-14-28(26)23-30)44-41(43-39)31-24-29-15-6-7-16-32(29)35(25-31)33-18-10-20-37-38(33)34-17-8-9-19-36(34)45-37/h1-25,39H,(H,42,43,44). The van der Waals surface area contributed by atoms with Gasteiger partial charge in [-0.1, -0.05) is 121 Å². The van der Waals surface area contributed by atoms with Crippen molar-refractivity contribution in [3.63, 3.8) is 0 Å². The summed E-state index contributed by atoms with van der Waals surface area (Å²) in [7, 11) is 0. The van der Waals surface area contributed by atoms with Crippen LogP contribution >= 0.6 is 0 Å². The lowest BCUT2D eigenvalue weighted by atomic mass is 9.92. The summed E-state index contributed by atoms with van der Waals surface area (Å²) in [4.78, 5) is 10.4. The van der Waals surface area contributed by atoms with Crippen molar-refractivity contribution in [1.29, 1.82) is 0 Å². The van der Waals surface area contributed by atoms with Gasteiger partial charge in [0, 0.05) is 21.9 Å². The maximum atomic E-state index is 6.28. The first-order chi connectivity index (χ1) is 22.3. The molecule has 0 aliphatic carbocycles.